The molecular weight excluding hydrogens is 236 g/mol. The molecule has 5 heteroatoms. The van der Waals surface area contributed by atoms with Gasteiger partial charge in [0.2, 0.25) is 0 Å². The minimum atomic E-state index is 0.350. The zero-order chi connectivity index (χ0) is 11.8. The summed E-state index contributed by atoms with van der Waals surface area (Å²) in [6.07, 6.45) is 3.41. The number of para-hydroxylation sites is 1. The van der Waals surface area contributed by atoms with E-state index < -0.39 is 0 Å². The quantitative estimate of drug-likeness (QED) is 0.661. The Morgan fingerprint density at radius 3 is 2.88 bits per heavy atom. The van der Waals surface area contributed by atoms with Crippen LogP contribution in [-0.4, -0.2) is 19.7 Å². The molecule has 0 aliphatic rings. The van der Waals surface area contributed by atoms with Gasteiger partial charge in [-0.05, 0) is 6.07 Å². The minimum absolute atomic E-state index is 0.350. The van der Waals surface area contributed by atoms with Gasteiger partial charge in [0.1, 0.15) is 0 Å². The molecule has 0 unspecified atom stereocenters. The summed E-state index contributed by atoms with van der Waals surface area (Å²) in [5.74, 6) is 0.550. The van der Waals surface area contributed by atoms with Gasteiger partial charge >= 0.3 is 0 Å². The first-order valence-corrected chi connectivity index (χ1v) is 5.53. The highest BCUT2D eigenvalue weighted by Crippen LogP contribution is 2.27. The molecule has 2 heterocycles. The van der Waals surface area contributed by atoms with Crippen LogP contribution in [0.25, 0.3) is 22.3 Å². The van der Waals surface area contributed by atoms with Gasteiger partial charge in [-0.15, -0.1) is 5.10 Å². The van der Waals surface area contributed by atoms with E-state index in [-0.39, 0.29) is 0 Å². The van der Waals surface area contributed by atoms with Crippen LogP contribution < -0.4 is 0 Å². The molecule has 17 heavy (non-hydrogen) atoms. The van der Waals surface area contributed by atoms with Crippen LogP contribution in [0.15, 0.2) is 36.7 Å². The van der Waals surface area contributed by atoms with Gasteiger partial charge in [0, 0.05) is 29.7 Å². The van der Waals surface area contributed by atoms with E-state index in [1.54, 1.807) is 0 Å². The van der Waals surface area contributed by atoms with E-state index in [4.69, 9.17) is 11.6 Å². The number of nitrogens with zero attached hydrogens (tertiary/aromatic N) is 4. The smallest absolute Gasteiger partial charge is 0.185 e. The van der Waals surface area contributed by atoms with Crippen molar-refractivity contribution in [1.82, 2.24) is 19.7 Å². The third-order valence-corrected chi connectivity index (χ3v) is 2.85. The lowest BCUT2D eigenvalue weighted by Crippen LogP contribution is -1.91. The Labute approximate surface area is 103 Å². The van der Waals surface area contributed by atoms with Crippen molar-refractivity contribution < 1.29 is 0 Å². The second kappa shape index (κ2) is 3.82. The van der Waals surface area contributed by atoms with Crippen LogP contribution in [-0.2, 0) is 7.05 Å². The predicted molar refractivity (Wildman–Crippen MR) is 66.8 cm³/mol. The molecule has 0 bridgehead atoms. The Balaban J connectivity index is 2.31. The lowest BCUT2D eigenvalue weighted by molar-refractivity contribution is 0.956. The van der Waals surface area contributed by atoms with E-state index in [0.717, 1.165) is 16.5 Å². The lowest BCUT2D eigenvalue weighted by atomic mass is 10.2. The Kier molecular flexibility index (Phi) is 2.30. The topological polar surface area (TPSA) is 43.6 Å². The molecule has 3 aromatic rings. The van der Waals surface area contributed by atoms with Gasteiger partial charge in [-0.1, -0.05) is 29.8 Å². The van der Waals surface area contributed by atoms with Gasteiger partial charge in [-0.25, -0.2) is 4.98 Å². The van der Waals surface area contributed by atoms with E-state index in [9.17, 15) is 0 Å². The normalized spacial score (nSPS) is 10.9. The maximum atomic E-state index is 5.83. The molecule has 0 amide bonds. The van der Waals surface area contributed by atoms with Crippen LogP contribution in [0.1, 0.15) is 0 Å². The van der Waals surface area contributed by atoms with Crippen molar-refractivity contribution in [2.75, 3.05) is 0 Å². The summed E-state index contributed by atoms with van der Waals surface area (Å²) < 4.78 is 2.04. The van der Waals surface area contributed by atoms with Crippen molar-refractivity contribution in [3.05, 3.63) is 41.8 Å². The summed E-state index contributed by atoms with van der Waals surface area (Å²) in [5.41, 5.74) is 2.07. The van der Waals surface area contributed by atoms with E-state index in [0.29, 0.717) is 11.0 Å². The number of hydrogen-bond donors (Lipinski definition) is 0. The Bertz CT molecular complexity index is 690. The van der Waals surface area contributed by atoms with E-state index >= 15 is 0 Å². The van der Waals surface area contributed by atoms with Gasteiger partial charge in [-0.2, -0.15) is 5.10 Å². The predicted octanol–water partition coefficient (Wildman–Crippen LogP) is 2.68. The molecule has 0 aliphatic carbocycles. The monoisotopic (exact) mass is 244 g/mol. The highest BCUT2D eigenvalue weighted by Gasteiger charge is 2.11. The minimum Gasteiger partial charge on any atom is -0.350 e. The molecule has 0 spiro atoms. The number of rotatable bonds is 1. The molecule has 0 fully saturated rings. The standard InChI is InChI=1S/C12H9ClN4/c1-17-7-9(8-4-2-3-5-10(8)17)12-15-11(13)6-14-16-12/h2-7H,1H3. The van der Waals surface area contributed by atoms with E-state index in [1.165, 1.54) is 6.20 Å². The molecule has 4 nitrogen and oxygen atoms in total. The second-order valence-corrected chi connectivity index (χ2v) is 4.16. The van der Waals surface area contributed by atoms with Gasteiger partial charge in [0.25, 0.3) is 0 Å². The van der Waals surface area contributed by atoms with Crippen LogP contribution in [0.3, 0.4) is 0 Å². The summed E-state index contributed by atoms with van der Waals surface area (Å²) in [5, 5.41) is 9.28. The molecule has 0 radical (unpaired) electrons. The van der Waals surface area contributed by atoms with Crippen molar-refractivity contribution in [2.24, 2.45) is 7.05 Å². The first-order valence-electron chi connectivity index (χ1n) is 5.15. The van der Waals surface area contributed by atoms with Crippen molar-refractivity contribution in [3.63, 3.8) is 0 Å². The van der Waals surface area contributed by atoms with Crippen molar-refractivity contribution >= 4 is 22.5 Å². The van der Waals surface area contributed by atoms with Crippen LogP contribution in [0.4, 0.5) is 0 Å². The van der Waals surface area contributed by atoms with Crippen molar-refractivity contribution in [2.45, 2.75) is 0 Å². The molecular formula is C12H9ClN4. The molecule has 1 aromatic carbocycles. The van der Waals surface area contributed by atoms with Crippen LogP contribution >= 0.6 is 11.6 Å². The number of hydrogen-bond acceptors (Lipinski definition) is 3. The van der Waals surface area contributed by atoms with E-state index in [2.05, 4.69) is 21.2 Å². The first-order chi connectivity index (χ1) is 8.25. The fraction of sp³-hybridized carbons (Fsp3) is 0.0833. The summed E-state index contributed by atoms with van der Waals surface area (Å²) in [6, 6.07) is 8.08. The van der Waals surface area contributed by atoms with Crippen LogP contribution in [0, 0.1) is 0 Å². The molecule has 3 rings (SSSR count). The fourth-order valence-electron chi connectivity index (χ4n) is 1.92. The zero-order valence-corrected chi connectivity index (χ0v) is 9.89. The van der Waals surface area contributed by atoms with Gasteiger partial charge in [0.05, 0.1) is 6.20 Å². The van der Waals surface area contributed by atoms with Gasteiger partial charge in [0.15, 0.2) is 11.0 Å². The third kappa shape index (κ3) is 1.66. The summed E-state index contributed by atoms with van der Waals surface area (Å²) in [6.45, 7) is 0. The number of benzene rings is 1. The lowest BCUT2D eigenvalue weighted by Gasteiger charge is -1.96. The highest BCUT2D eigenvalue weighted by atomic mass is 35.5. The maximum absolute atomic E-state index is 5.83. The number of halogens is 1. The molecule has 0 saturated heterocycles. The number of fused-ring (bicyclic) bond motifs is 1. The van der Waals surface area contributed by atoms with Crippen molar-refractivity contribution in [3.8, 4) is 11.4 Å². The summed E-state index contributed by atoms with van der Waals surface area (Å²) in [4.78, 5) is 4.19. The van der Waals surface area contributed by atoms with Crippen molar-refractivity contribution in [1.29, 1.82) is 0 Å². The Hall–Kier alpha value is -1.94. The second-order valence-electron chi connectivity index (χ2n) is 3.77. The fourth-order valence-corrected chi connectivity index (χ4v) is 2.04. The first kappa shape index (κ1) is 10.2. The summed E-state index contributed by atoms with van der Waals surface area (Å²) in [7, 11) is 1.99. The Morgan fingerprint density at radius 2 is 2.06 bits per heavy atom. The SMILES string of the molecule is Cn1cc(-c2nncc(Cl)n2)c2ccccc21. The third-order valence-electron chi connectivity index (χ3n) is 2.67. The molecule has 84 valence electrons. The molecule has 0 aliphatic heterocycles. The average Bonchev–Trinajstić information content (AvgIpc) is 2.68. The number of aryl methyl sites for hydroxylation is 1. The highest BCUT2D eigenvalue weighted by molar-refractivity contribution is 6.29. The molecule has 0 N–H and O–H groups in total. The number of aromatic nitrogens is 4. The van der Waals surface area contributed by atoms with E-state index in [1.807, 2.05) is 36.0 Å². The largest absolute Gasteiger partial charge is 0.350 e. The molecule has 0 atom stereocenters. The zero-order valence-electron chi connectivity index (χ0n) is 9.13. The van der Waals surface area contributed by atoms with Crippen LogP contribution in [0.2, 0.25) is 5.15 Å². The molecule has 0 saturated carbocycles. The average molecular weight is 245 g/mol. The molecule has 2 aromatic heterocycles. The van der Waals surface area contributed by atoms with Gasteiger partial charge in [-0.3, -0.25) is 0 Å². The van der Waals surface area contributed by atoms with Gasteiger partial charge < -0.3 is 4.57 Å². The Morgan fingerprint density at radius 1 is 1.24 bits per heavy atom. The van der Waals surface area contributed by atoms with Crippen LogP contribution in [0.5, 0.6) is 0 Å². The summed E-state index contributed by atoms with van der Waals surface area (Å²) >= 11 is 5.83. The maximum Gasteiger partial charge on any atom is 0.185 e.